The van der Waals surface area contributed by atoms with E-state index in [-0.39, 0.29) is 0 Å². The zero-order chi connectivity index (χ0) is 14.7. The summed E-state index contributed by atoms with van der Waals surface area (Å²) >= 11 is 0. The summed E-state index contributed by atoms with van der Waals surface area (Å²) in [7, 11) is 2.22. The number of hydrogen-bond acceptors (Lipinski definition) is 2. The summed E-state index contributed by atoms with van der Waals surface area (Å²) in [6.45, 7) is 9.38. The van der Waals surface area contributed by atoms with Gasteiger partial charge in [0.05, 0.1) is 0 Å². The van der Waals surface area contributed by atoms with Crippen LogP contribution in [0.2, 0.25) is 0 Å². The lowest BCUT2D eigenvalue weighted by Crippen LogP contribution is -2.44. The van der Waals surface area contributed by atoms with Crippen LogP contribution < -0.4 is 0 Å². The predicted octanol–water partition coefficient (Wildman–Crippen LogP) is 2.84. The van der Waals surface area contributed by atoms with Gasteiger partial charge in [0.1, 0.15) is 0 Å². The Labute approximate surface area is 128 Å². The molecule has 1 aliphatic heterocycles. The van der Waals surface area contributed by atoms with Gasteiger partial charge in [0.2, 0.25) is 0 Å². The highest BCUT2D eigenvalue weighted by atomic mass is 15.2. The van der Waals surface area contributed by atoms with Gasteiger partial charge in [-0.3, -0.25) is 0 Å². The molecule has 3 heteroatoms. The van der Waals surface area contributed by atoms with Crippen molar-refractivity contribution in [3.05, 3.63) is 36.0 Å². The molecule has 114 valence electrons. The number of likely N-dealkylation sites (N-methyl/N-ethyl adjacent to an activating group) is 1. The molecule has 0 amide bonds. The molecule has 1 fully saturated rings. The highest BCUT2D eigenvalue weighted by molar-refractivity contribution is 5.80. The van der Waals surface area contributed by atoms with Gasteiger partial charge in [-0.1, -0.05) is 6.07 Å². The van der Waals surface area contributed by atoms with Crippen LogP contribution in [0.3, 0.4) is 0 Å². The van der Waals surface area contributed by atoms with E-state index in [1.54, 1.807) is 0 Å². The molecular formula is C18H27N3. The smallest absolute Gasteiger partial charge is 0.0480 e. The molecule has 0 bridgehead atoms. The van der Waals surface area contributed by atoms with Gasteiger partial charge in [-0.15, -0.1) is 0 Å². The second-order valence-corrected chi connectivity index (χ2v) is 6.24. The van der Waals surface area contributed by atoms with Crippen molar-refractivity contribution >= 4 is 10.9 Å². The number of fused-ring (bicyclic) bond motifs is 1. The molecule has 1 saturated heterocycles. The number of rotatable bonds is 5. The molecule has 0 aliphatic carbocycles. The van der Waals surface area contributed by atoms with Gasteiger partial charge >= 0.3 is 0 Å². The molecule has 0 saturated carbocycles. The van der Waals surface area contributed by atoms with E-state index in [4.69, 9.17) is 0 Å². The zero-order valence-electron chi connectivity index (χ0n) is 13.4. The maximum absolute atomic E-state index is 2.60. The van der Waals surface area contributed by atoms with E-state index in [1.807, 2.05) is 0 Å². The molecule has 21 heavy (non-hydrogen) atoms. The molecule has 0 unspecified atom stereocenters. The molecule has 2 heterocycles. The summed E-state index contributed by atoms with van der Waals surface area (Å²) in [4.78, 5) is 5.02. The topological polar surface area (TPSA) is 11.4 Å². The Morgan fingerprint density at radius 1 is 1.05 bits per heavy atom. The normalized spacial score (nSPS) is 17.6. The Morgan fingerprint density at radius 3 is 2.62 bits per heavy atom. The summed E-state index contributed by atoms with van der Waals surface area (Å²) in [5, 5.41) is 1.38. The standard InChI is InChI=1S/C18H27N3/c1-3-21-10-8-17-15-16(6-7-18(17)21)5-4-9-20-13-11-19(2)12-14-20/h6-8,10,15H,3-5,9,11-14H2,1-2H3. The van der Waals surface area contributed by atoms with Crippen molar-refractivity contribution in [2.75, 3.05) is 39.8 Å². The molecule has 0 N–H and O–H groups in total. The number of benzene rings is 1. The highest BCUT2D eigenvalue weighted by Gasteiger charge is 2.12. The minimum atomic E-state index is 1.05. The Balaban J connectivity index is 1.53. The third-order valence-electron chi connectivity index (χ3n) is 4.71. The van der Waals surface area contributed by atoms with E-state index in [9.17, 15) is 0 Å². The van der Waals surface area contributed by atoms with Crippen LogP contribution in [-0.2, 0) is 13.0 Å². The molecule has 1 aliphatic rings. The SMILES string of the molecule is CCn1ccc2cc(CCCN3CCN(C)CC3)ccc21. The van der Waals surface area contributed by atoms with E-state index in [0.29, 0.717) is 0 Å². The molecule has 1 aromatic carbocycles. The quantitative estimate of drug-likeness (QED) is 0.837. The molecule has 3 rings (SSSR count). The minimum Gasteiger partial charge on any atom is -0.348 e. The van der Waals surface area contributed by atoms with Crippen molar-refractivity contribution in [2.24, 2.45) is 0 Å². The molecule has 0 spiro atoms. The zero-order valence-corrected chi connectivity index (χ0v) is 13.4. The first-order valence-corrected chi connectivity index (χ1v) is 8.25. The number of piperazine rings is 1. The van der Waals surface area contributed by atoms with Crippen LogP contribution >= 0.6 is 0 Å². The predicted molar refractivity (Wildman–Crippen MR) is 89.9 cm³/mol. The molecule has 1 aromatic heterocycles. The monoisotopic (exact) mass is 285 g/mol. The van der Waals surface area contributed by atoms with Crippen LogP contribution in [0.5, 0.6) is 0 Å². The van der Waals surface area contributed by atoms with Crippen LogP contribution in [0.4, 0.5) is 0 Å². The first-order chi connectivity index (χ1) is 10.3. The fourth-order valence-electron chi connectivity index (χ4n) is 3.26. The van der Waals surface area contributed by atoms with E-state index in [2.05, 4.69) is 58.8 Å². The van der Waals surface area contributed by atoms with Crippen molar-refractivity contribution in [1.29, 1.82) is 0 Å². The van der Waals surface area contributed by atoms with Gasteiger partial charge in [0.25, 0.3) is 0 Å². The van der Waals surface area contributed by atoms with Crippen LogP contribution in [-0.4, -0.2) is 54.1 Å². The maximum atomic E-state index is 2.60. The average Bonchev–Trinajstić information content (AvgIpc) is 2.91. The van der Waals surface area contributed by atoms with Crippen molar-refractivity contribution in [3.63, 3.8) is 0 Å². The van der Waals surface area contributed by atoms with E-state index in [1.165, 1.54) is 62.0 Å². The first kappa shape index (κ1) is 14.6. The van der Waals surface area contributed by atoms with E-state index in [0.717, 1.165) is 6.54 Å². The fraction of sp³-hybridized carbons (Fsp3) is 0.556. The summed E-state index contributed by atoms with van der Waals surface area (Å²) in [6, 6.07) is 9.19. The largest absolute Gasteiger partial charge is 0.348 e. The Hall–Kier alpha value is -1.32. The van der Waals surface area contributed by atoms with Crippen molar-refractivity contribution in [3.8, 4) is 0 Å². The summed E-state index contributed by atoms with van der Waals surface area (Å²) in [5.74, 6) is 0. The second-order valence-electron chi connectivity index (χ2n) is 6.24. The lowest BCUT2D eigenvalue weighted by Gasteiger charge is -2.32. The van der Waals surface area contributed by atoms with Gasteiger partial charge in [-0.2, -0.15) is 0 Å². The number of nitrogens with zero attached hydrogens (tertiary/aromatic N) is 3. The lowest BCUT2D eigenvalue weighted by molar-refractivity contribution is 0.153. The Bertz CT molecular complexity index is 579. The van der Waals surface area contributed by atoms with Crippen molar-refractivity contribution < 1.29 is 0 Å². The van der Waals surface area contributed by atoms with Crippen molar-refractivity contribution in [1.82, 2.24) is 14.4 Å². The van der Waals surface area contributed by atoms with E-state index >= 15 is 0 Å². The Kier molecular flexibility index (Phi) is 4.61. The maximum Gasteiger partial charge on any atom is 0.0480 e. The molecule has 0 radical (unpaired) electrons. The lowest BCUT2D eigenvalue weighted by atomic mass is 10.1. The summed E-state index contributed by atoms with van der Waals surface area (Å²) < 4.78 is 2.31. The van der Waals surface area contributed by atoms with Crippen LogP contribution in [0, 0.1) is 0 Å². The van der Waals surface area contributed by atoms with Gasteiger partial charge in [0.15, 0.2) is 0 Å². The average molecular weight is 285 g/mol. The van der Waals surface area contributed by atoms with Crippen LogP contribution in [0.1, 0.15) is 18.9 Å². The van der Waals surface area contributed by atoms with Crippen LogP contribution in [0.15, 0.2) is 30.5 Å². The summed E-state index contributed by atoms with van der Waals surface area (Å²) in [5.41, 5.74) is 2.84. The molecular weight excluding hydrogens is 258 g/mol. The van der Waals surface area contributed by atoms with E-state index < -0.39 is 0 Å². The summed E-state index contributed by atoms with van der Waals surface area (Å²) in [6.07, 6.45) is 4.65. The number of hydrogen-bond donors (Lipinski definition) is 0. The van der Waals surface area contributed by atoms with Gasteiger partial charge < -0.3 is 14.4 Å². The fourth-order valence-corrected chi connectivity index (χ4v) is 3.26. The third kappa shape index (κ3) is 3.47. The molecule has 0 atom stereocenters. The minimum absolute atomic E-state index is 1.05. The molecule has 3 nitrogen and oxygen atoms in total. The Morgan fingerprint density at radius 2 is 1.86 bits per heavy atom. The van der Waals surface area contributed by atoms with Crippen LogP contribution in [0.25, 0.3) is 10.9 Å². The van der Waals surface area contributed by atoms with Gasteiger partial charge in [-0.05, 0) is 62.5 Å². The first-order valence-electron chi connectivity index (χ1n) is 8.25. The number of aromatic nitrogens is 1. The highest BCUT2D eigenvalue weighted by Crippen LogP contribution is 2.18. The van der Waals surface area contributed by atoms with Gasteiger partial charge in [0, 0.05) is 44.4 Å². The number of aryl methyl sites for hydroxylation is 2. The van der Waals surface area contributed by atoms with Crippen molar-refractivity contribution in [2.45, 2.75) is 26.3 Å². The van der Waals surface area contributed by atoms with Gasteiger partial charge in [-0.25, -0.2) is 0 Å². The third-order valence-corrected chi connectivity index (χ3v) is 4.71. The molecule has 2 aromatic rings. The second kappa shape index (κ2) is 6.63.